The van der Waals surface area contributed by atoms with Crippen LogP contribution < -0.4 is 11.1 Å². The van der Waals surface area contributed by atoms with Gasteiger partial charge in [0.05, 0.1) is 16.9 Å². The first-order valence-corrected chi connectivity index (χ1v) is 8.24. The summed E-state index contributed by atoms with van der Waals surface area (Å²) in [5, 5.41) is 6.96. The molecule has 134 valence electrons. The lowest BCUT2D eigenvalue weighted by Crippen LogP contribution is -2.16. The van der Waals surface area contributed by atoms with Gasteiger partial charge in [0, 0.05) is 5.56 Å². The molecule has 1 amide bonds. The van der Waals surface area contributed by atoms with Gasteiger partial charge in [-0.05, 0) is 36.4 Å². The lowest BCUT2D eigenvalue weighted by atomic mass is 10.1. The van der Waals surface area contributed by atoms with Crippen molar-refractivity contribution in [3.05, 3.63) is 71.3 Å². The van der Waals surface area contributed by atoms with Crippen molar-refractivity contribution in [2.45, 2.75) is 0 Å². The molecule has 27 heavy (non-hydrogen) atoms. The maximum absolute atomic E-state index is 14.3. The molecule has 0 spiro atoms. The molecule has 0 aliphatic heterocycles. The first-order chi connectivity index (χ1) is 13.0. The number of benzene rings is 1. The molecule has 4 rings (SSSR count). The van der Waals surface area contributed by atoms with Crippen molar-refractivity contribution in [3.8, 4) is 11.3 Å². The van der Waals surface area contributed by atoms with Gasteiger partial charge in [0.2, 0.25) is 0 Å². The number of hydrogen-bond donors (Lipinski definition) is 2. The second kappa shape index (κ2) is 6.65. The van der Waals surface area contributed by atoms with Gasteiger partial charge in [0.15, 0.2) is 17.2 Å². The number of nitrogens with one attached hydrogen (secondary N) is 1. The zero-order valence-corrected chi connectivity index (χ0v) is 14.5. The standard InChI is InChI=1S/C18H12ClFN6O/c19-11-4-1-3-10(17(11)20)12-7-8-16-22-9-13(26(16)25-12)18(27)24-15-6-2-5-14(21)23-15/h1-9H,(H3,21,23,24,27). The Morgan fingerprint density at radius 3 is 2.78 bits per heavy atom. The van der Waals surface area contributed by atoms with Crippen LogP contribution in [-0.4, -0.2) is 25.5 Å². The Hall–Kier alpha value is -3.52. The predicted molar refractivity (Wildman–Crippen MR) is 100.0 cm³/mol. The average molecular weight is 383 g/mol. The number of nitrogen functional groups attached to an aromatic ring is 1. The molecule has 4 aromatic rings. The Morgan fingerprint density at radius 1 is 1.15 bits per heavy atom. The molecule has 0 atom stereocenters. The Labute approximate surface area is 157 Å². The van der Waals surface area contributed by atoms with Crippen LogP contribution in [0.5, 0.6) is 0 Å². The highest BCUT2D eigenvalue weighted by Gasteiger charge is 2.16. The Morgan fingerprint density at radius 2 is 1.96 bits per heavy atom. The summed E-state index contributed by atoms with van der Waals surface area (Å²) in [7, 11) is 0. The molecule has 7 nitrogen and oxygen atoms in total. The number of halogens is 2. The summed E-state index contributed by atoms with van der Waals surface area (Å²) in [6.07, 6.45) is 1.38. The number of imidazole rings is 1. The Kier molecular flexibility index (Phi) is 4.17. The number of aromatic nitrogens is 4. The van der Waals surface area contributed by atoms with Crippen LogP contribution in [0.4, 0.5) is 16.0 Å². The van der Waals surface area contributed by atoms with Gasteiger partial charge in [-0.3, -0.25) is 4.79 Å². The van der Waals surface area contributed by atoms with Crippen LogP contribution in [0.3, 0.4) is 0 Å². The fourth-order valence-corrected chi connectivity index (χ4v) is 2.75. The third-order valence-electron chi connectivity index (χ3n) is 3.83. The van der Waals surface area contributed by atoms with Gasteiger partial charge < -0.3 is 11.1 Å². The summed E-state index contributed by atoms with van der Waals surface area (Å²) in [5.41, 5.74) is 6.76. The molecular formula is C18H12ClFN6O. The van der Waals surface area contributed by atoms with Crippen molar-refractivity contribution in [1.29, 1.82) is 0 Å². The van der Waals surface area contributed by atoms with Crippen molar-refractivity contribution in [3.63, 3.8) is 0 Å². The fraction of sp³-hybridized carbons (Fsp3) is 0. The molecule has 3 N–H and O–H groups in total. The van der Waals surface area contributed by atoms with E-state index in [1.165, 1.54) is 16.8 Å². The summed E-state index contributed by atoms with van der Waals surface area (Å²) >= 11 is 5.84. The van der Waals surface area contributed by atoms with Crippen molar-refractivity contribution < 1.29 is 9.18 Å². The summed E-state index contributed by atoms with van der Waals surface area (Å²) in [5.74, 6) is -0.479. The number of carbonyl (C=O) groups is 1. The normalized spacial score (nSPS) is 10.9. The van der Waals surface area contributed by atoms with Crippen LogP contribution in [0.25, 0.3) is 16.9 Å². The quantitative estimate of drug-likeness (QED) is 0.565. The zero-order chi connectivity index (χ0) is 19.0. The van der Waals surface area contributed by atoms with E-state index in [4.69, 9.17) is 17.3 Å². The first-order valence-electron chi connectivity index (χ1n) is 7.86. The highest BCUT2D eigenvalue weighted by Crippen LogP contribution is 2.26. The van der Waals surface area contributed by atoms with E-state index < -0.39 is 11.7 Å². The van der Waals surface area contributed by atoms with E-state index in [2.05, 4.69) is 20.4 Å². The first kappa shape index (κ1) is 16.9. The molecular weight excluding hydrogens is 371 g/mol. The van der Waals surface area contributed by atoms with Crippen LogP contribution in [0, 0.1) is 5.82 Å². The lowest BCUT2D eigenvalue weighted by molar-refractivity contribution is 0.102. The minimum absolute atomic E-state index is 0.00858. The van der Waals surface area contributed by atoms with E-state index in [0.717, 1.165) is 0 Å². The molecule has 0 aliphatic rings. The molecule has 3 heterocycles. The summed E-state index contributed by atoms with van der Waals surface area (Å²) in [4.78, 5) is 20.8. The lowest BCUT2D eigenvalue weighted by Gasteiger charge is -2.07. The topological polar surface area (TPSA) is 98.2 Å². The molecule has 3 aromatic heterocycles. The van der Waals surface area contributed by atoms with Crippen LogP contribution in [0.1, 0.15) is 10.5 Å². The molecule has 0 fully saturated rings. The van der Waals surface area contributed by atoms with Gasteiger partial charge in [-0.1, -0.05) is 23.7 Å². The molecule has 0 bridgehead atoms. The number of fused-ring (bicyclic) bond motifs is 1. The maximum Gasteiger partial charge on any atom is 0.277 e. The summed E-state index contributed by atoms with van der Waals surface area (Å²) < 4.78 is 15.6. The van der Waals surface area contributed by atoms with Gasteiger partial charge in [0.25, 0.3) is 5.91 Å². The summed E-state index contributed by atoms with van der Waals surface area (Å²) in [6.45, 7) is 0. The molecule has 0 saturated carbocycles. The van der Waals surface area contributed by atoms with E-state index in [0.29, 0.717) is 17.2 Å². The monoisotopic (exact) mass is 382 g/mol. The number of amides is 1. The predicted octanol–water partition coefficient (Wildman–Crippen LogP) is 3.42. The largest absolute Gasteiger partial charge is 0.384 e. The second-order valence-corrected chi connectivity index (χ2v) is 6.04. The fourth-order valence-electron chi connectivity index (χ4n) is 2.57. The number of nitrogens with two attached hydrogens (primary N) is 1. The number of pyridine rings is 1. The minimum atomic E-state index is -0.582. The number of anilines is 2. The van der Waals surface area contributed by atoms with Gasteiger partial charge >= 0.3 is 0 Å². The SMILES string of the molecule is Nc1cccc(NC(=O)c2cnc3ccc(-c4cccc(Cl)c4F)nn23)n1. The molecule has 9 heteroatoms. The highest BCUT2D eigenvalue weighted by atomic mass is 35.5. The average Bonchev–Trinajstić information content (AvgIpc) is 3.07. The Balaban J connectivity index is 1.74. The van der Waals surface area contributed by atoms with Crippen LogP contribution in [-0.2, 0) is 0 Å². The van der Waals surface area contributed by atoms with Gasteiger partial charge in [-0.15, -0.1) is 0 Å². The second-order valence-electron chi connectivity index (χ2n) is 5.64. The number of carbonyl (C=O) groups excluding carboxylic acids is 1. The van der Waals surface area contributed by atoms with Crippen molar-refractivity contribution >= 4 is 34.8 Å². The van der Waals surface area contributed by atoms with Crippen LogP contribution in [0.2, 0.25) is 5.02 Å². The van der Waals surface area contributed by atoms with Crippen LogP contribution in [0.15, 0.2) is 54.7 Å². The molecule has 1 aromatic carbocycles. The Bertz CT molecular complexity index is 1180. The highest BCUT2D eigenvalue weighted by molar-refractivity contribution is 6.31. The van der Waals surface area contributed by atoms with E-state index in [1.54, 1.807) is 42.5 Å². The summed E-state index contributed by atoms with van der Waals surface area (Å²) in [6, 6.07) is 12.8. The van der Waals surface area contributed by atoms with Gasteiger partial charge in [0.1, 0.15) is 11.6 Å². The van der Waals surface area contributed by atoms with Gasteiger partial charge in [-0.25, -0.2) is 18.9 Å². The minimum Gasteiger partial charge on any atom is -0.384 e. The smallest absolute Gasteiger partial charge is 0.277 e. The maximum atomic E-state index is 14.3. The number of hydrogen-bond acceptors (Lipinski definition) is 5. The number of nitrogens with zero attached hydrogens (tertiary/aromatic N) is 4. The van der Waals surface area contributed by atoms with Crippen molar-refractivity contribution in [1.82, 2.24) is 19.6 Å². The van der Waals surface area contributed by atoms with E-state index in [-0.39, 0.29) is 22.1 Å². The molecule has 0 unspecified atom stereocenters. The van der Waals surface area contributed by atoms with Crippen LogP contribution >= 0.6 is 11.6 Å². The molecule has 0 saturated heterocycles. The van der Waals surface area contributed by atoms with E-state index in [9.17, 15) is 9.18 Å². The third kappa shape index (κ3) is 3.18. The van der Waals surface area contributed by atoms with Crippen molar-refractivity contribution in [2.75, 3.05) is 11.1 Å². The van der Waals surface area contributed by atoms with Gasteiger partial charge in [-0.2, -0.15) is 5.10 Å². The third-order valence-corrected chi connectivity index (χ3v) is 4.13. The number of rotatable bonds is 3. The molecule has 0 aliphatic carbocycles. The van der Waals surface area contributed by atoms with E-state index >= 15 is 0 Å². The molecule has 0 radical (unpaired) electrons. The zero-order valence-electron chi connectivity index (χ0n) is 13.7. The van der Waals surface area contributed by atoms with Crippen molar-refractivity contribution in [2.24, 2.45) is 0 Å². The van der Waals surface area contributed by atoms with E-state index in [1.807, 2.05) is 0 Å².